The molecule has 0 aliphatic carbocycles. The second-order valence-electron chi connectivity index (χ2n) is 7.93. The molecule has 0 bridgehead atoms. The van der Waals surface area contributed by atoms with Gasteiger partial charge in [0.2, 0.25) is 5.91 Å². The number of amides is 5. The van der Waals surface area contributed by atoms with Crippen LogP contribution in [0.1, 0.15) is 48.2 Å². The van der Waals surface area contributed by atoms with Crippen LogP contribution >= 0.6 is 0 Å². The van der Waals surface area contributed by atoms with Crippen LogP contribution in [-0.4, -0.2) is 42.2 Å². The topological polar surface area (TPSA) is 108 Å². The second kappa shape index (κ2) is 8.59. The van der Waals surface area contributed by atoms with Gasteiger partial charge in [0.25, 0.3) is 11.8 Å². The van der Waals surface area contributed by atoms with Gasteiger partial charge in [0.05, 0.1) is 0 Å². The van der Waals surface area contributed by atoms with Gasteiger partial charge in [-0.3, -0.25) is 19.3 Å². The maximum Gasteiger partial charge on any atom is 0.325 e. The Morgan fingerprint density at radius 2 is 1.65 bits per heavy atom. The fourth-order valence-electron chi connectivity index (χ4n) is 3.43. The number of hydrogen-bond donors (Lipinski definition) is 3. The van der Waals surface area contributed by atoms with Crippen LogP contribution in [0.5, 0.6) is 0 Å². The molecule has 0 spiro atoms. The molecule has 1 heterocycles. The highest BCUT2D eigenvalue weighted by Crippen LogP contribution is 2.30. The molecular formula is C23H26N4O4. The Morgan fingerprint density at radius 1 is 1.03 bits per heavy atom. The average Bonchev–Trinajstić information content (AvgIpc) is 2.97. The van der Waals surface area contributed by atoms with Crippen molar-refractivity contribution in [2.75, 3.05) is 18.9 Å². The molecule has 31 heavy (non-hydrogen) atoms. The average molecular weight is 422 g/mol. The maximum atomic E-state index is 13.0. The van der Waals surface area contributed by atoms with E-state index in [9.17, 15) is 19.2 Å². The summed E-state index contributed by atoms with van der Waals surface area (Å²) in [7, 11) is 1.53. The van der Waals surface area contributed by atoms with Gasteiger partial charge in [-0.25, -0.2) is 4.79 Å². The maximum absolute atomic E-state index is 13.0. The van der Waals surface area contributed by atoms with Crippen molar-refractivity contribution in [2.45, 2.75) is 32.2 Å². The molecule has 0 unspecified atom stereocenters. The molecule has 2 aromatic carbocycles. The number of carbonyl (C=O) groups excluding carboxylic acids is 4. The predicted octanol–water partition coefficient (Wildman–Crippen LogP) is 2.58. The predicted molar refractivity (Wildman–Crippen MR) is 117 cm³/mol. The number of anilines is 1. The number of rotatable bonds is 6. The van der Waals surface area contributed by atoms with E-state index >= 15 is 0 Å². The third kappa shape index (κ3) is 4.42. The molecule has 0 aromatic heterocycles. The summed E-state index contributed by atoms with van der Waals surface area (Å²) in [6.07, 6.45) is 0. The van der Waals surface area contributed by atoms with Gasteiger partial charge in [0.15, 0.2) is 0 Å². The van der Waals surface area contributed by atoms with E-state index in [1.54, 1.807) is 31.2 Å². The van der Waals surface area contributed by atoms with E-state index in [1.807, 2.05) is 24.3 Å². The first-order valence-electron chi connectivity index (χ1n) is 10.0. The van der Waals surface area contributed by atoms with E-state index in [0.717, 1.165) is 10.5 Å². The summed E-state index contributed by atoms with van der Waals surface area (Å²) in [4.78, 5) is 50.4. The van der Waals surface area contributed by atoms with Crippen LogP contribution in [0.15, 0.2) is 48.5 Å². The Hall–Kier alpha value is -3.68. The Bertz CT molecular complexity index is 1010. The minimum absolute atomic E-state index is 0.238. The molecule has 2 aromatic rings. The summed E-state index contributed by atoms with van der Waals surface area (Å²) >= 11 is 0. The van der Waals surface area contributed by atoms with E-state index in [-0.39, 0.29) is 5.91 Å². The van der Waals surface area contributed by atoms with Gasteiger partial charge in [-0.2, -0.15) is 0 Å². The van der Waals surface area contributed by atoms with E-state index in [0.29, 0.717) is 22.7 Å². The summed E-state index contributed by atoms with van der Waals surface area (Å²) in [6.45, 7) is 5.37. The molecule has 0 saturated carbocycles. The Kier molecular flexibility index (Phi) is 6.10. The van der Waals surface area contributed by atoms with Crippen molar-refractivity contribution in [1.29, 1.82) is 0 Å². The molecule has 1 aliphatic heterocycles. The normalized spacial score (nSPS) is 18.2. The first-order valence-corrected chi connectivity index (χ1v) is 10.0. The minimum Gasteiger partial charge on any atom is -0.355 e. The summed E-state index contributed by atoms with van der Waals surface area (Å²) in [6, 6.07) is 13.2. The number of nitrogens with zero attached hydrogens (tertiary/aromatic N) is 1. The lowest BCUT2D eigenvalue weighted by Crippen LogP contribution is -2.42. The summed E-state index contributed by atoms with van der Waals surface area (Å²) < 4.78 is 0. The minimum atomic E-state index is -1.23. The molecule has 1 aliphatic rings. The highest BCUT2D eigenvalue weighted by atomic mass is 16.2. The van der Waals surface area contributed by atoms with Gasteiger partial charge in [-0.15, -0.1) is 0 Å². The lowest BCUT2D eigenvalue weighted by atomic mass is 9.90. The lowest BCUT2D eigenvalue weighted by molar-refractivity contribution is -0.133. The lowest BCUT2D eigenvalue weighted by Gasteiger charge is -2.22. The smallest absolute Gasteiger partial charge is 0.325 e. The van der Waals surface area contributed by atoms with E-state index in [2.05, 4.69) is 29.8 Å². The van der Waals surface area contributed by atoms with Crippen LogP contribution in [0, 0.1) is 0 Å². The quantitative estimate of drug-likeness (QED) is 0.622. The summed E-state index contributed by atoms with van der Waals surface area (Å²) in [5.41, 5.74) is 1.46. The second-order valence-corrected chi connectivity index (χ2v) is 7.93. The van der Waals surface area contributed by atoms with Crippen molar-refractivity contribution in [3.8, 4) is 0 Å². The number of nitrogens with one attached hydrogen (secondary N) is 3. The largest absolute Gasteiger partial charge is 0.355 e. The van der Waals surface area contributed by atoms with Gasteiger partial charge in [0.1, 0.15) is 12.1 Å². The van der Waals surface area contributed by atoms with Crippen molar-refractivity contribution >= 4 is 29.4 Å². The zero-order valence-electron chi connectivity index (χ0n) is 18.0. The van der Waals surface area contributed by atoms with Crippen LogP contribution in [0.4, 0.5) is 10.5 Å². The molecule has 1 saturated heterocycles. The molecule has 1 atom stereocenters. The molecule has 3 N–H and O–H groups in total. The van der Waals surface area contributed by atoms with Crippen molar-refractivity contribution in [3.05, 3.63) is 65.2 Å². The van der Waals surface area contributed by atoms with E-state index < -0.39 is 29.9 Å². The zero-order valence-corrected chi connectivity index (χ0v) is 18.0. The third-order valence-corrected chi connectivity index (χ3v) is 5.39. The van der Waals surface area contributed by atoms with Gasteiger partial charge in [-0.05, 0) is 48.2 Å². The van der Waals surface area contributed by atoms with Crippen molar-refractivity contribution < 1.29 is 19.2 Å². The van der Waals surface area contributed by atoms with Gasteiger partial charge in [0, 0.05) is 18.3 Å². The van der Waals surface area contributed by atoms with Gasteiger partial charge < -0.3 is 16.0 Å². The number of carbonyl (C=O) groups is 4. The molecule has 8 nitrogen and oxygen atoms in total. The molecule has 162 valence electrons. The standard InChI is InChI=1S/C23H26N4O4/c1-14(2)15-5-9-17(10-6-15)23(3)21(30)27(22(31)26-23)13-19(28)25-18-11-7-16(8-12-18)20(29)24-4/h5-12,14H,13H2,1-4H3,(H,24,29)(H,25,28)(H,26,31)/t23-/m1/s1. The van der Waals surface area contributed by atoms with Crippen LogP contribution in [0.2, 0.25) is 0 Å². The number of urea groups is 1. The van der Waals surface area contributed by atoms with Crippen LogP contribution in [0.25, 0.3) is 0 Å². The van der Waals surface area contributed by atoms with Crippen LogP contribution < -0.4 is 16.0 Å². The van der Waals surface area contributed by atoms with Crippen molar-refractivity contribution in [2.24, 2.45) is 0 Å². The van der Waals surface area contributed by atoms with E-state index in [4.69, 9.17) is 0 Å². The monoisotopic (exact) mass is 422 g/mol. The SMILES string of the molecule is CNC(=O)c1ccc(NC(=O)CN2C(=O)N[C@](C)(c3ccc(C(C)C)cc3)C2=O)cc1. The van der Waals surface area contributed by atoms with Crippen LogP contribution in [0.3, 0.4) is 0 Å². The molecule has 5 amide bonds. The van der Waals surface area contributed by atoms with Gasteiger partial charge in [-0.1, -0.05) is 38.1 Å². The zero-order chi connectivity index (χ0) is 22.8. The number of benzene rings is 2. The molecule has 0 radical (unpaired) electrons. The number of imide groups is 1. The third-order valence-electron chi connectivity index (χ3n) is 5.39. The summed E-state index contributed by atoms with van der Waals surface area (Å²) in [5, 5.41) is 7.85. The highest BCUT2D eigenvalue weighted by molar-refractivity contribution is 6.10. The number of hydrogen-bond acceptors (Lipinski definition) is 4. The first-order chi connectivity index (χ1) is 14.7. The Morgan fingerprint density at radius 3 is 2.19 bits per heavy atom. The fraction of sp³-hybridized carbons (Fsp3) is 0.304. The van der Waals surface area contributed by atoms with E-state index in [1.165, 1.54) is 7.05 Å². The molecule has 1 fully saturated rings. The fourth-order valence-corrected chi connectivity index (χ4v) is 3.43. The Labute approximate surface area is 181 Å². The van der Waals surface area contributed by atoms with Crippen LogP contribution in [-0.2, 0) is 15.1 Å². The van der Waals surface area contributed by atoms with Gasteiger partial charge >= 0.3 is 6.03 Å². The summed E-state index contributed by atoms with van der Waals surface area (Å²) in [5.74, 6) is -0.894. The molecule has 3 rings (SSSR count). The first kappa shape index (κ1) is 22.0. The van der Waals surface area contributed by atoms with Crippen molar-refractivity contribution in [1.82, 2.24) is 15.5 Å². The molecule has 8 heteroatoms. The highest BCUT2D eigenvalue weighted by Gasteiger charge is 2.49. The van der Waals surface area contributed by atoms with Crippen molar-refractivity contribution in [3.63, 3.8) is 0 Å². The molecular weight excluding hydrogens is 396 g/mol. The Balaban J connectivity index is 1.69.